The Morgan fingerprint density at radius 2 is 2.25 bits per heavy atom. The Morgan fingerprint density at radius 3 is 3.05 bits per heavy atom. The van der Waals surface area contributed by atoms with Gasteiger partial charge in [-0.3, -0.25) is 0 Å². The van der Waals surface area contributed by atoms with Gasteiger partial charge in [0.05, 0.1) is 11.9 Å². The second-order valence-electron chi connectivity index (χ2n) is 5.78. The van der Waals surface area contributed by atoms with Crippen LogP contribution in [0.4, 0.5) is 11.9 Å². The molecule has 2 atom stereocenters. The molecular weight excluding hydrogens is 276 g/mol. The van der Waals surface area contributed by atoms with E-state index in [1.807, 2.05) is 4.68 Å². The number of anilines is 1. The molecule has 1 aliphatic carbocycles. The summed E-state index contributed by atoms with van der Waals surface area (Å²) in [4.78, 5) is 11.2. The first kappa shape index (κ1) is 13.8. The Labute approximate surface area is 124 Å². The van der Waals surface area contributed by atoms with E-state index in [4.69, 9.17) is 11.6 Å². The number of hydrogen-bond acceptors (Lipinski definition) is 5. The maximum Gasteiger partial charge on any atom is 0.249 e. The van der Waals surface area contributed by atoms with Gasteiger partial charge in [-0.05, 0) is 39.9 Å². The minimum absolute atomic E-state index is 0.0851. The van der Waals surface area contributed by atoms with Crippen LogP contribution in [-0.2, 0) is 6.54 Å². The first-order valence-electron chi connectivity index (χ1n) is 7.19. The van der Waals surface area contributed by atoms with Gasteiger partial charge in [0, 0.05) is 18.2 Å². The molecule has 3 rings (SSSR count). The van der Waals surface area contributed by atoms with Gasteiger partial charge in [-0.2, -0.15) is 4.98 Å². The van der Waals surface area contributed by atoms with E-state index in [0.29, 0.717) is 17.8 Å². The number of hydrogen-bond donors (Lipinski definition) is 1. The molecule has 7 heteroatoms. The maximum absolute atomic E-state index is 6.28. The number of fused-ring (bicyclic) bond motifs is 2. The molecule has 0 aromatic carbocycles. The normalized spacial score (nSPS) is 24.5. The van der Waals surface area contributed by atoms with Gasteiger partial charge in [0.15, 0.2) is 0 Å². The summed E-state index contributed by atoms with van der Waals surface area (Å²) in [7, 11) is 4.15. The molecular formula is C13H21ClN6. The topological polar surface area (TPSA) is 58.3 Å². The number of halogens is 1. The van der Waals surface area contributed by atoms with E-state index < -0.39 is 0 Å². The van der Waals surface area contributed by atoms with Crippen molar-refractivity contribution in [2.45, 2.75) is 31.2 Å². The summed E-state index contributed by atoms with van der Waals surface area (Å²) >= 11 is 6.28. The van der Waals surface area contributed by atoms with Crippen LogP contribution in [0.2, 0.25) is 0 Å². The molecule has 1 fully saturated rings. The molecule has 6 nitrogen and oxygen atoms in total. The molecule has 1 aliphatic heterocycles. The largest absolute Gasteiger partial charge is 0.353 e. The predicted octanol–water partition coefficient (Wildman–Crippen LogP) is 1.75. The minimum Gasteiger partial charge on any atom is -0.353 e. The fraction of sp³-hybridized carbons (Fsp3) is 0.769. The molecule has 20 heavy (non-hydrogen) atoms. The van der Waals surface area contributed by atoms with E-state index in [0.717, 1.165) is 44.6 Å². The van der Waals surface area contributed by atoms with E-state index >= 15 is 0 Å². The Hall–Kier alpha value is -1.14. The van der Waals surface area contributed by atoms with Crippen molar-refractivity contribution in [3.63, 3.8) is 0 Å². The molecule has 1 saturated carbocycles. The van der Waals surface area contributed by atoms with Gasteiger partial charge < -0.3 is 10.2 Å². The SMILES string of the molecule is CN(C)CCCNc1nc2n(n1)CC1CCC(Cl)C1=N2. The van der Waals surface area contributed by atoms with Gasteiger partial charge in [0.1, 0.15) is 0 Å². The molecule has 0 amide bonds. The second-order valence-corrected chi connectivity index (χ2v) is 6.31. The van der Waals surface area contributed by atoms with Crippen LogP contribution in [0.25, 0.3) is 0 Å². The van der Waals surface area contributed by atoms with Crippen molar-refractivity contribution in [1.29, 1.82) is 0 Å². The smallest absolute Gasteiger partial charge is 0.249 e. The molecule has 0 radical (unpaired) electrons. The van der Waals surface area contributed by atoms with Crippen molar-refractivity contribution in [1.82, 2.24) is 19.7 Å². The first-order valence-corrected chi connectivity index (χ1v) is 7.63. The molecule has 2 unspecified atom stereocenters. The monoisotopic (exact) mass is 296 g/mol. The third-order valence-electron chi connectivity index (χ3n) is 3.85. The van der Waals surface area contributed by atoms with Crippen LogP contribution in [0.15, 0.2) is 4.99 Å². The third kappa shape index (κ3) is 2.81. The Bertz CT molecular complexity index is 509. The van der Waals surface area contributed by atoms with Gasteiger partial charge in [0.2, 0.25) is 11.9 Å². The lowest BCUT2D eigenvalue weighted by molar-refractivity contribution is 0.405. The lowest BCUT2D eigenvalue weighted by atomic mass is 10.1. The number of rotatable bonds is 5. The minimum atomic E-state index is 0.0851. The highest BCUT2D eigenvalue weighted by Crippen LogP contribution is 2.34. The standard InChI is InChI=1S/C13H21ClN6/c1-19(2)7-3-6-15-12-17-13-16-11-9(4-5-10(11)14)8-20(13)18-12/h9-10H,3-8H2,1-2H3,(H,15,18). The fourth-order valence-electron chi connectivity index (χ4n) is 2.78. The Kier molecular flexibility index (Phi) is 3.94. The molecule has 0 saturated heterocycles. The van der Waals surface area contributed by atoms with Crippen LogP contribution in [0.1, 0.15) is 19.3 Å². The van der Waals surface area contributed by atoms with Crippen molar-refractivity contribution in [3.05, 3.63) is 0 Å². The van der Waals surface area contributed by atoms with Gasteiger partial charge in [0.25, 0.3) is 0 Å². The molecule has 1 aromatic heterocycles. The number of aliphatic imine (C=N–C) groups is 1. The summed E-state index contributed by atoms with van der Waals surface area (Å²) in [5, 5.41) is 7.83. The highest BCUT2D eigenvalue weighted by atomic mass is 35.5. The molecule has 2 heterocycles. The average Bonchev–Trinajstić information content (AvgIpc) is 2.96. The van der Waals surface area contributed by atoms with Crippen molar-refractivity contribution < 1.29 is 0 Å². The van der Waals surface area contributed by atoms with Crippen molar-refractivity contribution >= 4 is 29.2 Å². The number of nitrogens with one attached hydrogen (secondary N) is 1. The van der Waals surface area contributed by atoms with E-state index in [1.165, 1.54) is 0 Å². The quantitative estimate of drug-likeness (QED) is 0.664. The molecule has 1 N–H and O–H groups in total. The predicted molar refractivity (Wildman–Crippen MR) is 81.1 cm³/mol. The fourth-order valence-corrected chi connectivity index (χ4v) is 3.13. The second kappa shape index (κ2) is 5.69. The summed E-state index contributed by atoms with van der Waals surface area (Å²) in [5.74, 6) is 1.82. The summed E-state index contributed by atoms with van der Waals surface area (Å²) in [5.41, 5.74) is 1.10. The molecule has 0 spiro atoms. The van der Waals surface area contributed by atoms with Crippen molar-refractivity contribution in [3.8, 4) is 0 Å². The zero-order valence-electron chi connectivity index (χ0n) is 12.0. The van der Waals surface area contributed by atoms with Gasteiger partial charge in [-0.15, -0.1) is 16.7 Å². The molecule has 2 aliphatic rings. The zero-order valence-corrected chi connectivity index (χ0v) is 12.8. The lowest BCUT2D eigenvalue weighted by Gasteiger charge is -2.17. The van der Waals surface area contributed by atoms with Gasteiger partial charge >= 0.3 is 0 Å². The van der Waals surface area contributed by atoms with Crippen LogP contribution < -0.4 is 5.32 Å². The van der Waals surface area contributed by atoms with E-state index in [1.54, 1.807) is 0 Å². The van der Waals surface area contributed by atoms with Gasteiger partial charge in [-0.1, -0.05) is 0 Å². The van der Waals surface area contributed by atoms with Crippen LogP contribution in [0.5, 0.6) is 0 Å². The van der Waals surface area contributed by atoms with Crippen molar-refractivity contribution in [2.24, 2.45) is 10.9 Å². The van der Waals surface area contributed by atoms with Crippen LogP contribution in [0, 0.1) is 5.92 Å². The molecule has 110 valence electrons. The molecule has 1 aromatic rings. The van der Waals surface area contributed by atoms with E-state index in [-0.39, 0.29) is 5.38 Å². The van der Waals surface area contributed by atoms with Crippen LogP contribution in [-0.4, -0.2) is 57.9 Å². The third-order valence-corrected chi connectivity index (χ3v) is 4.29. The van der Waals surface area contributed by atoms with Crippen LogP contribution in [0.3, 0.4) is 0 Å². The van der Waals surface area contributed by atoms with Crippen molar-refractivity contribution in [2.75, 3.05) is 32.5 Å². The number of nitrogens with zero attached hydrogens (tertiary/aromatic N) is 5. The highest BCUT2D eigenvalue weighted by molar-refractivity contribution is 6.33. The summed E-state index contributed by atoms with van der Waals surface area (Å²) in [6, 6.07) is 0. The summed E-state index contributed by atoms with van der Waals surface area (Å²) in [6.45, 7) is 2.79. The number of aromatic nitrogens is 3. The summed E-state index contributed by atoms with van der Waals surface area (Å²) in [6.07, 6.45) is 3.20. The van der Waals surface area contributed by atoms with Gasteiger partial charge in [-0.25, -0.2) is 9.67 Å². The highest BCUT2D eigenvalue weighted by Gasteiger charge is 2.35. The van der Waals surface area contributed by atoms with E-state index in [9.17, 15) is 0 Å². The molecule has 0 bridgehead atoms. The van der Waals surface area contributed by atoms with E-state index in [2.05, 4.69) is 39.4 Å². The zero-order chi connectivity index (χ0) is 14.1. The first-order chi connectivity index (χ1) is 9.63. The lowest BCUT2D eigenvalue weighted by Crippen LogP contribution is -2.24. The summed E-state index contributed by atoms with van der Waals surface area (Å²) < 4.78 is 1.90. The average molecular weight is 297 g/mol. The Morgan fingerprint density at radius 1 is 1.40 bits per heavy atom. The maximum atomic E-state index is 6.28. The Balaban J connectivity index is 1.63. The number of alkyl halides is 1. The van der Waals surface area contributed by atoms with Crippen LogP contribution >= 0.6 is 11.6 Å².